The molecule has 0 aromatic heterocycles. The lowest BCUT2D eigenvalue weighted by atomic mass is 10.1. The van der Waals surface area contributed by atoms with Crippen LogP contribution in [0.2, 0.25) is 0 Å². The molecule has 1 heterocycles. The number of rotatable bonds is 5. The Morgan fingerprint density at radius 1 is 1.15 bits per heavy atom. The van der Waals surface area contributed by atoms with Crippen molar-refractivity contribution in [2.45, 2.75) is 24.3 Å². The number of imide groups is 1. The number of benzene rings is 2. The Morgan fingerprint density at radius 2 is 1.81 bits per heavy atom. The summed E-state index contributed by atoms with van der Waals surface area (Å²) in [6, 6.07) is 11.1. The molecule has 0 bridgehead atoms. The average molecular weight is 387 g/mol. The third-order valence-corrected chi connectivity index (χ3v) is 5.11. The molecule has 0 spiro atoms. The van der Waals surface area contributed by atoms with Crippen LogP contribution in [0.15, 0.2) is 53.4 Å². The number of ketones is 1. The summed E-state index contributed by atoms with van der Waals surface area (Å²) in [5.41, 5.74) is 1.22. The van der Waals surface area contributed by atoms with Crippen molar-refractivity contribution in [1.29, 1.82) is 0 Å². The lowest BCUT2D eigenvalue weighted by Crippen LogP contribution is -2.34. The Labute approximate surface area is 156 Å². The number of nitrogens with zero attached hydrogens (tertiary/aromatic N) is 1. The maximum absolute atomic E-state index is 12.7. The standard InChI is InChI=1S/C18H17N3O5S/c1-11(22)12-3-2-4-14(9-12)21-17(23)10-16(18(21)24)20-13-5-7-15(8-6-13)27(19,25)26/h2-9,16,20H,10H2,1H3,(H2,19,25,26)/t16-/m0/s1. The number of amides is 2. The first-order chi connectivity index (χ1) is 12.7. The normalized spacial score (nSPS) is 17.3. The molecule has 1 atom stereocenters. The van der Waals surface area contributed by atoms with Crippen LogP contribution in [0.25, 0.3) is 0 Å². The molecule has 2 amide bonds. The second-order valence-electron chi connectivity index (χ2n) is 6.14. The number of sulfonamides is 1. The second-order valence-corrected chi connectivity index (χ2v) is 7.71. The highest BCUT2D eigenvalue weighted by molar-refractivity contribution is 7.89. The maximum Gasteiger partial charge on any atom is 0.256 e. The number of hydrogen-bond donors (Lipinski definition) is 2. The van der Waals surface area contributed by atoms with Crippen molar-refractivity contribution in [2.24, 2.45) is 5.14 Å². The molecule has 8 nitrogen and oxygen atoms in total. The van der Waals surface area contributed by atoms with E-state index in [1.165, 1.54) is 37.3 Å². The summed E-state index contributed by atoms with van der Waals surface area (Å²) in [7, 11) is -3.81. The van der Waals surface area contributed by atoms with Crippen molar-refractivity contribution in [1.82, 2.24) is 0 Å². The summed E-state index contributed by atoms with van der Waals surface area (Å²) >= 11 is 0. The summed E-state index contributed by atoms with van der Waals surface area (Å²) in [5, 5.41) is 7.97. The summed E-state index contributed by atoms with van der Waals surface area (Å²) in [5.74, 6) is -1.00. The van der Waals surface area contributed by atoms with E-state index in [1.807, 2.05) is 0 Å². The number of carbonyl (C=O) groups excluding carboxylic acids is 3. The van der Waals surface area contributed by atoms with Crippen LogP contribution in [0.1, 0.15) is 23.7 Å². The van der Waals surface area contributed by atoms with Gasteiger partial charge in [-0.25, -0.2) is 18.5 Å². The first-order valence-electron chi connectivity index (χ1n) is 8.04. The van der Waals surface area contributed by atoms with Gasteiger partial charge in [0, 0.05) is 11.3 Å². The van der Waals surface area contributed by atoms with Crippen LogP contribution in [0, 0.1) is 0 Å². The van der Waals surface area contributed by atoms with Gasteiger partial charge in [-0.1, -0.05) is 12.1 Å². The number of nitrogens with two attached hydrogens (primary N) is 1. The fourth-order valence-electron chi connectivity index (χ4n) is 2.82. The van der Waals surface area contributed by atoms with Crippen molar-refractivity contribution in [3.8, 4) is 0 Å². The van der Waals surface area contributed by atoms with Gasteiger partial charge in [0.15, 0.2) is 5.78 Å². The molecule has 1 aliphatic heterocycles. The lowest BCUT2D eigenvalue weighted by molar-refractivity contribution is -0.121. The van der Waals surface area contributed by atoms with Gasteiger partial charge in [0.05, 0.1) is 17.0 Å². The van der Waals surface area contributed by atoms with E-state index in [9.17, 15) is 22.8 Å². The Balaban J connectivity index is 1.80. The number of Topliss-reactive ketones (excluding diaryl/α,β-unsaturated/α-hetero) is 1. The van der Waals surface area contributed by atoms with Crippen LogP contribution in [0.4, 0.5) is 11.4 Å². The fourth-order valence-corrected chi connectivity index (χ4v) is 3.34. The van der Waals surface area contributed by atoms with Crippen molar-refractivity contribution >= 4 is 39.0 Å². The molecule has 9 heteroatoms. The molecular formula is C18H17N3O5S. The zero-order chi connectivity index (χ0) is 19.8. The van der Waals surface area contributed by atoms with Gasteiger partial charge in [-0.05, 0) is 43.3 Å². The largest absolute Gasteiger partial charge is 0.373 e. The molecule has 140 valence electrons. The van der Waals surface area contributed by atoms with Crippen LogP contribution in [0.3, 0.4) is 0 Å². The van der Waals surface area contributed by atoms with Crippen LogP contribution in [-0.4, -0.2) is 32.1 Å². The number of nitrogens with one attached hydrogen (secondary N) is 1. The van der Waals surface area contributed by atoms with Crippen LogP contribution >= 0.6 is 0 Å². The molecule has 0 radical (unpaired) electrons. The SMILES string of the molecule is CC(=O)c1cccc(N2C(=O)C[C@H](Nc3ccc(S(N)(=O)=O)cc3)C2=O)c1. The molecule has 2 aromatic rings. The van der Waals surface area contributed by atoms with E-state index in [-0.39, 0.29) is 23.0 Å². The Hall–Kier alpha value is -3.04. The van der Waals surface area contributed by atoms with Gasteiger partial charge in [-0.2, -0.15) is 0 Å². The minimum absolute atomic E-state index is 0.0513. The third-order valence-electron chi connectivity index (χ3n) is 4.18. The van der Waals surface area contributed by atoms with Crippen LogP contribution < -0.4 is 15.4 Å². The molecule has 0 aliphatic carbocycles. The molecular weight excluding hydrogens is 370 g/mol. The fraction of sp³-hybridized carbons (Fsp3) is 0.167. The molecule has 3 rings (SSSR count). The summed E-state index contributed by atoms with van der Waals surface area (Å²) in [4.78, 5) is 37.5. The summed E-state index contributed by atoms with van der Waals surface area (Å²) < 4.78 is 22.6. The second kappa shape index (κ2) is 6.93. The van der Waals surface area contributed by atoms with Crippen LogP contribution in [-0.2, 0) is 19.6 Å². The number of carbonyl (C=O) groups is 3. The smallest absolute Gasteiger partial charge is 0.256 e. The van der Waals surface area contributed by atoms with Crippen molar-refractivity contribution in [3.63, 3.8) is 0 Å². The zero-order valence-electron chi connectivity index (χ0n) is 14.4. The predicted octanol–water partition coefficient (Wildman–Crippen LogP) is 1.28. The first-order valence-corrected chi connectivity index (χ1v) is 9.58. The highest BCUT2D eigenvalue weighted by Gasteiger charge is 2.39. The molecule has 27 heavy (non-hydrogen) atoms. The minimum Gasteiger partial charge on any atom is -0.373 e. The molecule has 1 fully saturated rings. The van der Waals surface area contributed by atoms with Gasteiger partial charge in [0.1, 0.15) is 6.04 Å². The van der Waals surface area contributed by atoms with Gasteiger partial charge < -0.3 is 5.32 Å². The van der Waals surface area contributed by atoms with Gasteiger partial charge >= 0.3 is 0 Å². The summed E-state index contributed by atoms with van der Waals surface area (Å²) in [6.45, 7) is 1.41. The lowest BCUT2D eigenvalue weighted by Gasteiger charge is -2.16. The highest BCUT2D eigenvalue weighted by Crippen LogP contribution is 2.26. The van der Waals surface area contributed by atoms with E-state index >= 15 is 0 Å². The molecule has 3 N–H and O–H groups in total. The van der Waals surface area contributed by atoms with Crippen LogP contribution in [0.5, 0.6) is 0 Å². The Morgan fingerprint density at radius 3 is 2.41 bits per heavy atom. The third kappa shape index (κ3) is 3.88. The van der Waals surface area contributed by atoms with Gasteiger partial charge in [0.2, 0.25) is 15.9 Å². The maximum atomic E-state index is 12.7. The number of hydrogen-bond acceptors (Lipinski definition) is 6. The van der Waals surface area contributed by atoms with Gasteiger partial charge in [0.25, 0.3) is 5.91 Å². The number of anilines is 2. The van der Waals surface area contributed by atoms with Gasteiger partial charge in [-0.3, -0.25) is 14.4 Å². The van der Waals surface area contributed by atoms with E-state index < -0.39 is 22.0 Å². The first kappa shape index (κ1) is 18.7. The molecule has 2 aromatic carbocycles. The van der Waals surface area contributed by atoms with E-state index in [0.717, 1.165) is 4.90 Å². The molecule has 1 saturated heterocycles. The average Bonchev–Trinajstić information content (AvgIpc) is 2.88. The van der Waals surface area contributed by atoms with E-state index in [2.05, 4.69) is 5.32 Å². The van der Waals surface area contributed by atoms with Gasteiger partial charge in [-0.15, -0.1) is 0 Å². The van der Waals surface area contributed by atoms with Crippen molar-refractivity contribution in [3.05, 3.63) is 54.1 Å². The minimum atomic E-state index is -3.81. The summed E-state index contributed by atoms with van der Waals surface area (Å²) in [6.07, 6.45) is -0.0555. The highest BCUT2D eigenvalue weighted by atomic mass is 32.2. The molecule has 1 aliphatic rings. The number of primary sulfonamides is 1. The van der Waals surface area contributed by atoms with E-state index in [1.54, 1.807) is 18.2 Å². The molecule has 0 unspecified atom stereocenters. The monoisotopic (exact) mass is 387 g/mol. The Kier molecular flexibility index (Phi) is 4.81. The zero-order valence-corrected chi connectivity index (χ0v) is 15.2. The van der Waals surface area contributed by atoms with E-state index in [0.29, 0.717) is 16.9 Å². The van der Waals surface area contributed by atoms with Crippen molar-refractivity contribution in [2.75, 3.05) is 10.2 Å². The predicted molar refractivity (Wildman–Crippen MR) is 98.8 cm³/mol. The van der Waals surface area contributed by atoms with E-state index in [4.69, 9.17) is 5.14 Å². The Bertz CT molecular complexity index is 1030. The topological polar surface area (TPSA) is 127 Å². The quantitative estimate of drug-likeness (QED) is 0.588. The molecule has 0 saturated carbocycles. The van der Waals surface area contributed by atoms with Crippen molar-refractivity contribution < 1.29 is 22.8 Å².